The molecular formula is C15H18N2O2S. The fourth-order valence-electron chi connectivity index (χ4n) is 1.90. The molecule has 0 aliphatic heterocycles. The number of carbonyl (C=O) groups is 1. The lowest BCUT2D eigenvalue weighted by Gasteiger charge is -2.19. The van der Waals surface area contributed by atoms with Gasteiger partial charge in [-0.1, -0.05) is 18.2 Å². The summed E-state index contributed by atoms with van der Waals surface area (Å²) >= 11 is 1.54. The van der Waals surface area contributed by atoms with Crippen molar-refractivity contribution in [3.05, 3.63) is 41.4 Å². The molecule has 20 heavy (non-hydrogen) atoms. The van der Waals surface area contributed by atoms with Gasteiger partial charge in [0.05, 0.1) is 18.7 Å². The average molecular weight is 290 g/mol. The van der Waals surface area contributed by atoms with E-state index in [-0.39, 0.29) is 12.4 Å². The maximum absolute atomic E-state index is 11.5. The van der Waals surface area contributed by atoms with Crippen LogP contribution >= 0.6 is 11.3 Å². The highest BCUT2D eigenvalue weighted by molar-refractivity contribution is 7.13. The van der Waals surface area contributed by atoms with Gasteiger partial charge < -0.3 is 9.64 Å². The Balaban J connectivity index is 2.12. The number of para-hydroxylation sites is 1. The highest BCUT2D eigenvalue weighted by Crippen LogP contribution is 2.28. The molecule has 0 saturated carbocycles. The van der Waals surface area contributed by atoms with Gasteiger partial charge in [0.15, 0.2) is 5.13 Å². The second-order valence-electron chi connectivity index (χ2n) is 4.18. The first-order valence-electron chi connectivity index (χ1n) is 6.67. The third-order valence-corrected chi connectivity index (χ3v) is 3.70. The molecule has 0 saturated heterocycles. The molecule has 106 valence electrons. The van der Waals surface area contributed by atoms with Crippen LogP contribution in [0.4, 0.5) is 10.8 Å². The summed E-state index contributed by atoms with van der Waals surface area (Å²) in [6.45, 7) is 5.12. The van der Waals surface area contributed by atoms with Gasteiger partial charge in [0, 0.05) is 17.6 Å². The maximum Gasteiger partial charge on any atom is 0.311 e. The predicted molar refractivity (Wildman–Crippen MR) is 81.6 cm³/mol. The molecule has 0 N–H and O–H groups in total. The fourth-order valence-corrected chi connectivity index (χ4v) is 2.81. The number of anilines is 2. The highest BCUT2D eigenvalue weighted by Gasteiger charge is 2.13. The zero-order chi connectivity index (χ0) is 14.4. The van der Waals surface area contributed by atoms with E-state index >= 15 is 0 Å². The molecule has 0 atom stereocenters. The minimum atomic E-state index is -0.230. The minimum absolute atomic E-state index is 0.230. The van der Waals surface area contributed by atoms with Crippen LogP contribution in [-0.4, -0.2) is 24.1 Å². The molecule has 1 aromatic heterocycles. The monoisotopic (exact) mass is 290 g/mol. The summed E-state index contributed by atoms with van der Waals surface area (Å²) < 4.78 is 4.94. The number of hydrogen-bond donors (Lipinski definition) is 0. The number of hydrogen-bond acceptors (Lipinski definition) is 5. The molecule has 2 aromatic rings. The molecule has 0 unspecified atom stereocenters. The van der Waals surface area contributed by atoms with Crippen LogP contribution < -0.4 is 4.90 Å². The molecule has 0 bridgehead atoms. The Morgan fingerprint density at radius 2 is 2.05 bits per heavy atom. The van der Waals surface area contributed by atoms with Crippen molar-refractivity contribution in [2.45, 2.75) is 20.3 Å². The lowest BCUT2D eigenvalue weighted by molar-refractivity contribution is -0.142. The van der Waals surface area contributed by atoms with Gasteiger partial charge in [-0.25, -0.2) is 4.98 Å². The zero-order valence-corrected chi connectivity index (χ0v) is 12.5. The van der Waals surface area contributed by atoms with E-state index in [9.17, 15) is 4.79 Å². The number of benzene rings is 1. The predicted octanol–water partition coefficient (Wildman–Crippen LogP) is 3.41. The third-order valence-electron chi connectivity index (χ3n) is 2.79. The Morgan fingerprint density at radius 1 is 1.30 bits per heavy atom. The van der Waals surface area contributed by atoms with Crippen molar-refractivity contribution in [1.82, 2.24) is 4.98 Å². The SMILES string of the molecule is CCOC(=O)Cc1csc(N(CC)c2ccccc2)n1. The number of carbonyl (C=O) groups excluding carboxylic acids is 1. The van der Waals surface area contributed by atoms with Crippen molar-refractivity contribution >= 4 is 28.1 Å². The molecule has 0 spiro atoms. The van der Waals surface area contributed by atoms with Crippen molar-refractivity contribution in [3.8, 4) is 0 Å². The summed E-state index contributed by atoms with van der Waals surface area (Å²) in [6.07, 6.45) is 0.233. The Hall–Kier alpha value is -1.88. The Labute approximate surface area is 123 Å². The molecular weight excluding hydrogens is 272 g/mol. The van der Waals surface area contributed by atoms with Crippen LogP contribution in [0.3, 0.4) is 0 Å². The van der Waals surface area contributed by atoms with Gasteiger partial charge in [0.1, 0.15) is 0 Å². The smallest absolute Gasteiger partial charge is 0.311 e. The van der Waals surface area contributed by atoms with E-state index in [2.05, 4.69) is 28.9 Å². The number of thiazole rings is 1. The van der Waals surface area contributed by atoms with Crippen LogP contribution in [0, 0.1) is 0 Å². The maximum atomic E-state index is 11.5. The molecule has 5 heteroatoms. The highest BCUT2D eigenvalue weighted by atomic mass is 32.1. The quantitative estimate of drug-likeness (QED) is 0.765. The van der Waals surface area contributed by atoms with Crippen LogP contribution in [0.15, 0.2) is 35.7 Å². The van der Waals surface area contributed by atoms with Crippen LogP contribution in [-0.2, 0) is 16.0 Å². The van der Waals surface area contributed by atoms with Crippen molar-refractivity contribution in [2.24, 2.45) is 0 Å². The van der Waals surface area contributed by atoms with Gasteiger partial charge >= 0.3 is 5.97 Å². The zero-order valence-electron chi connectivity index (χ0n) is 11.7. The normalized spacial score (nSPS) is 10.3. The first kappa shape index (κ1) is 14.5. The summed E-state index contributed by atoms with van der Waals surface area (Å²) in [7, 11) is 0. The Bertz CT molecular complexity index is 554. The van der Waals surface area contributed by atoms with E-state index in [4.69, 9.17) is 4.74 Å². The molecule has 1 aromatic carbocycles. The summed E-state index contributed by atoms with van der Waals surface area (Å²) in [5.74, 6) is -0.230. The van der Waals surface area contributed by atoms with Gasteiger partial charge in [-0.2, -0.15) is 0 Å². The standard InChI is InChI=1S/C15H18N2O2S/c1-3-17(13-8-6-5-7-9-13)15-16-12(11-20-15)10-14(18)19-4-2/h5-9,11H,3-4,10H2,1-2H3. The van der Waals surface area contributed by atoms with E-state index in [0.29, 0.717) is 6.61 Å². The molecule has 2 rings (SSSR count). The van der Waals surface area contributed by atoms with E-state index in [0.717, 1.165) is 23.1 Å². The molecule has 1 heterocycles. The largest absolute Gasteiger partial charge is 0.466 e. The third kappa shape index (κ3) is 3.57. The van der Waals surface area contributed by atoms with Gasteiger partial charge in [-0.3, -0.25) is 4.79 Å². The molecule has 0 fully saturated rings. The van der Waals surface area contributed by atoms with Crippen LogP contribution in [0.1, 0.15) is 19.5 Å². The van der Waals surface area contributed by atoms with Crippen molar-refractivity contribution in [1.29, 1.82) is 0 Å². The Morgan fingerprint density at radius 3 is 2.70 bits per heavy atom. The van der Waals surface area contributed by atoms with Gasteiger partial charge in [0.2, 0.25) is 0 Å². The van der Waals surface area contributed by atoms with Crippen molar-refractivity contribution in [2.75, 3.05) is 18.1 Å². The van der Waals surface area contributed by atoms with E-state index in [1.807, 2.05) is 23.6 Å². The van der Waals surface area contributed by atoms with Crippen molar-refractivity contribution in [3.63, 3.8) is 0 Å². The van der Waals surface area contributed by atoms with Gasteiger partial charge in [0.25, 0.3) is 0 Å². The molecule has 4 nitrogen and oxygen atoms in total. The average Bonchev–Trinajstić information content (AvgIpc) is 2.89. The summed E-state index contributed by atoms with van der Waals surface area (Å²) in [5.41, 5.74) is 1.87. The minimum Gasteiger partial charge on any atom is -0.466 e. The number of aromatic nitrogens is 1. The van der Waals surface area contributed by atoms with Gasteiger partial charge in [-0.05, 0) is 26.0 Å². The summed E-state index contributed by atoms with van der Waals surface area (Å²) in [4.78, 5) is 18.1. The second kappa shape index (κ2) is 7.05. The number of esters is 1. The first-order valence-corrected chi connectivity index (χ1v) is 7.55. The molecule has 0 radical (unpaired) electrons. The number of rotatable bonds is 6. The Kier molecular flexibility index (Phi) is 5.12. The first-order chi connectivity index (χ1) is 9.74. The second-order valence-corrected chi connectivity index (χ2v) is 5.02. The van der Waals surface area contributed by atoms with Gasteiger partial charge in [-0.15, -0.1) is 11.3 Å². The van der Waals surface area contributed by atoms with Crippen molar-refractivity contribution < 1.29 is 9.53 Å². The van der Waals surface area contributed by atoms with Crippen LogP contribution in [0.25, 0.3) is 0 Å². The van der Waals surface area contributed by atoms with E-state index < -0.39 is 0 Å². The number of nitrogens with zero attached hydrogens (tertiary/aromatic N) is 2. The van der Waals surface area contributed by atoms with Crippen LogP contribution in [0.2, 0.25) is 0 Å². The summed E-state index contributed by atoms with van der Waals surface area (Å²) in [6, 6.07) is 10.1. The molecule has 0 aliphatic rings. The number of ether oxygens (including phenoxy) is 1. The molecule has 0 amide bonds. The summed E-state index contributed by atoms with van der Waals surface area (Å²) in [5, 5.41) is 2.82. The van der Waals surface area contributed by atoms with E-state index in [1.54, 1.807) is 18.3 Å². The topological polar surface area (TPSA) is 42.4 Å². The lowest BCUT2D eigenvalue weighted by Crippen LogP contribution is -2.16. The van der Waals surface area contributed by atoms with E-state index in [1.165, 1.54) is 0 Å². The fraction of sp³-hybridized carbons (Fsp3) is 0.333. The lowest BCUT2D eigenvalue weighted by atomic mass is 10.3. The molecule has 0 aliphatic carbocycles. The van der Waals surface area contributed by atoms with Crippen LogP contribution in [0.5, 0.6) is 0 Å².